The highest BCUT2D eigenvalue weighted by molar-refractivity contribution is 6.34. The number of terminal acetylenes is 1. The number of halogens is 1. The van der Waals surface area contributed by atoms with Gasteiger partial charge in [0.15, 0.2) is 0 Å². The monoisotopic (exact) mass is 511 g/mol. The number of hydrogen-bond acceptors (Lipinski definition) is 4. The summed E-state index contributed by atoms with van der Waals surface area (Å²) in [6, 6.07) is 10.3. The first-order chi connectivity index (χ1) is 16.9. The summed E-state index contributed by atoms with van der Waals surface area (Å²) in [4.78, 5) is 41.0. The van der Waals surface area contributed by atoms with Crippen molar-refractivity contribution < 1.29 is 19.1 Å². The van der Waals surface area contributed by atoms with Gasteiger partial charge in [0.05, 0.1) is 10.7 Å². The quantitative estimate of drug-likeness (QED) is 0.460. The van der Waals surface area contributed by atoms with E-state index in [2.05, 4.69) is 16.6 Å². The summed E-state index contributed by atoms with van der Waals surface area (Å²) in [5.74, 6) is 1.68. The fourth-order valence-electron chi connectivity index (χ4n) is 3.62. The third-order valence-corrected chi connectivity index (χ3v) is 5.59. The number of ether oxygens (including phenoxy) is 1. The van der Waals surface area contributed by atoms with Crippen LogP contribution in [0.5, 0.6) is 0 Å². The molecular formula is C28H34ClN3O4. The maximum absolute atomic E-state index is 13.7. The largest absolute Gasteiger partial charge is 0.444 e. The van der Waals surface area contributed by atoms with Gasteiger partial charge in [-0.3, -0.25) is 9.59 Å². The van der Waals surface area contributed by atoms with E-state index in [0.29, 0.717) is 28.3 Å². The van der Waals surface area contributed by atoms with Gasteiger partial charge in [0.25, 0.3) is 5.91 Å². The van der Waals surface area contributed by atoms with Gasteiger partial charge in [0.1, 0.15) is 17.7 Å². The third kappa shape index (κ3) is 7.76. The van der Waals surface area contributed by atoms with Gasteiger partial charge in [-0.05, 0) is 70.4 Å². The molecule has 2 aromatic rings. The lowest BCUT2D eigenvalue weighted by atomic mass is 10.0. The second-order valence-electron chi connectivity index (χ2n) is 9.49. The molecule has 0 aromatic heterocycles. The molecule has 0 aliphatic heterocycles. The molecule has 0 heterocycles. The predicted molar refractivity (Wildman–Crippen MR) is 143 cm³/mol. The first kappa shape index (κ1) is 28.7. The summed E-state index contributed by atoms with van der Waals surface area (Å²) in [5, 5.41) is 5.86. The van der Waals surface area contributed by atoms with Crippen LogP contribution in [0.4, 0.5) is 10.5 Å². The van der Waals surface area contributed by atoms with Crippen LogP contribution in [-0.4, -0.2) is 41.0 Å². The van der Waals surface area contributed by atoms with E-state index in [-0.39, 0.29) is 6.54 Å². The van der Waals surface area contributed by atoms with Crippen molar-refractivity contribution in [2.45, 2.75) is 65.6 Å². The number of carbonyl (C=O) groups is 3. The number of nitrogens with zero attached hydrogens (tertiary/aromatic N) is 1. The molecule has 36 heavy (non-hydrogen) atoms. The van der Waals surface area contributed by atoms with Crippen LogP contribution in [0.2, 0.25) is 5.02 Å². The molecule has 0 aliphatic rings. The van der Waals surface area contributed by atoms with E-state index >= 15 is 0 Å². The van der Waals surface area contributed by atoms with E-state index < -0.39 is 35.6 Å². The summed E-state index contributed by atoms with van der Waals surface area (Å²) in [6.45, 7) is 10.8. The van der Waals surface area contributed by atoms with E-state index in [1.54, 1.807) is 64.1 Å². The molecule has 2 atom stereocenters. The molecule has 0 saturated heterocycles. The highest BCUT2D eigenvalue weighted by Gasteiger charge is 2.34. The molecule has 3 amide bonds. The van der Waals surface area contributed by atoms with Crippen molar-refractivity contribution in [3.8, 4) is 12.3 Å². The first-order valence-corrected chi connectivity index (χ1v) is 12.2. The van der Waals surface area contributed by atoms with Crippen molar-refractivity contribution in [1.29, 1.82) is 0 Å². The maximum Gasteiger partial charge on any atom is 0.408 e. The number of alkyl carbamates (subject to hydrolysis) is 1. The van der Waals surface area contributed by atoms with Gasteiger partial charge < -0.3 is 20.3 Å². The molecule has 7 nitrogen and oxygen atoms in total. The Morgan fingerprint density at radius 3 is 2.31 bits per heavy atom. The second-order valence-corrected chi connectivity index (χ2v) is 9.90. The van der Waals surface area contributed by atoms with Crippen molar-refractivity contribution in [3.63, 3.8) is 0 Å². The highest BCUT2D eigenvalue weighted by atomic mass is 35.5. The zero-order valence-corrected chi connectivity index (χ0v) is 22.4. The Hall–Kier alpha value is -3.50. The lowest BCUT2D eigenvalue weighted by Gasteiger charge is -2.33. The number of rotatable bonds is 8. The lowest BCUT2D eigenvalue weighted by Crippen LogP contribution is -2.51. The Kier molecular flexibility index (Phi) is 9.94. The Morgan fingerprint density at radius 1 is 1.14 bits per heavy atom. The van der Waals surface area contributed by atoms with E-state index in [1.807, 2.05) is 19.9 Å². The van der Waals surface area contributed by atoms with E-state index in [9.17, 15) is 14.4 Å². The first-order valence-electron chi connectivity index (χ1n) is 11.8. The Labute approximate surface area is 218 Å². The standard InChI is InChI=1S/C28H34ClN3O4/c1-8-17-32(26(34)19(4)30-27(35)36-28(5,6)7)24(21-15-13-20(9-2)14-16-21)25(33)31-23-18(3)11-10-12-22(23)29/h2,10-16,19,24H,8,17H2,1,3-7H3,(H,30,35)(H,31,33). The van der Waals surface area contributed by atoms with Gasteiger partial charge in [0, 0.05) is 12.1 Å². The van der Waals surface area contributed by atoms with Crippen molar-refractivity contribution in [2.75, 3.05) is 11.9 Å². The van der Waals surface area contributed by atoms with Crippen LogP contribution in [-0.2, 0) is 14.3 Å². The third-order valence-electron chi connectivity index (χ3n) is 5.27. The predicted octanol–water partition coefficient (Wildman–Crippen LogP) is 5.46. The molecule has 2 N–H and O–H groups in total. The number of para-hydroxylation sites is 1. The van der Waals surface area contributed by atoms with Crippen LogP contribution in [0.3, 0.4) is 0 Å². The molecule has 8 heteroatoms. The summed E-state index contributed by atoms with van der Waals surface area (Å²) in [5.41, 5.74) is 1.75. The SMILES string of the molecule is C#Cc1ccc(C(C(=O)Nc2c(C)cccc2Cl)N(CCC)C(=O)C(C)NC(=O)OC(C)(C)C)cc1. The van der Waals surface area contributed by atoms with Crippen LogP contribution < -0.4 is 10.6 Å². The molecular weight excluding hydrogens is 478 g/mol. The molecule has 0 bridgehead atoms. The average molecular weight is 512 g/mol. The molecule has 0 aliphatic carbocycles. The van der Waals surface area contributed by atoms with Gasteiger partial charge >= 0.3 is 6.09 Å². The molecule has 0 radical (unpaired) electrons. The number of benzene rings is 2. The van der Waals surface area contributed by atoms with E-state index in [1.165, 1.54) is 4.90 Å². The molecule has 2 rings (SSSR count). The van der Waals surface area contributed by atoms with Gasteiger partial charge in [-0.2, -0.15) is 0 Å². The van der Waals surface area contributed by atoms with Crippen LogP contribution in [0.1, 0.15) is 63.8 Å². The van der Waals surface area contributed by atoms with Gasteiger partial charge in [-0.15, -0.1) is 6.42 Å². The molecule has 2 aromatic carbocycles. The number of nitrogens with one attached hydrogen (secondary N) is 2. The summed E-state index contributed by atoms with van der Waals surface area (Å²) >= 11 is 6.35. The maximum atomic E-state index is 13.7. The summed E-state index contributed by atoms with van der Waals surface area (Å²) in [6.07, 6.45) is 5.36. The minimum Gasteiger partial charge on any atom is -0.444 e. The molecule has 2 unspecified atom stereocenters. The van der Waals surface area contributed by atoms with E-state index in [4.69, 9.17) is 22.8 Å². The smallest absolute Gasteiger partial charge is 0.408 e. The second kappa shape index (κ2) is 12.5. The number of carbonyl (C=O) groups excluding carboxylic acids is 3. The molecule has 0 spiro atoms. The average Bonchev–Trinajstić information content (AvgIpc) is 2.79. The van der Waals surface area contributed by atoms with Gasteiger partial charge in [-0.1, -0.05) is 48.7 Å². The van der Waals surface area contributed by atoms with Gasteiger partial charge in [-0.25, -0.2) is 4.79 Å². The van der Waals surface area contributed by atoms with Gasteiger partial charge in [0.2, 0.25) is 5.91 Å². The molecule has 0 fully saturated rings. The number of hydrogen-bond donors (Lipinski definition) is 2. The fourth-order valence-corrected chi connectivity index (χ4v) is 3.89. The topological polar surface area (TPSA) is 87.7 Å². The fraction of sp³-hybridized carbons (Fsp3) is 0.393. The minimum absolute atomic E-state index is 0.273. The zero-order chi connectivity index (χ0) is 27.0. The highest BCUT2D eigenvalue weighted by Crippen LogP contribution is 2.29. The van der Waals surface area contributed by atoms with E-state index in [0.717, 1.165) is 5.56 Å². The van der Waals surface area contributed by atoms with Crippen LogP contribution in [0, 0.1) is 19.3 Å². The van der Waals surface area contributed by atoms with Crippen molar-refractivity contribution >= 4 is 35.2 Å². The Balaban J connectivity index is 2.45. The Bertz CT molecular complexity index is 1110. The number of amides is 3. The lowest BCUT2D eigenvalue weighted by molar-refractivity contribution is -0.140. The number of aryl methyl sites for hydroxylation is 1. The van der Waals surface area contributed by atoms with Crippen molar-refractivity contribution in [3.05, 3.63) is 64.2 Å². The van der Waals surface area contributed by atoms with Crippen LogP contribution in [0.15, 0.2) is 42.5 Å². The molecule has 192 valence electrons. The number of anilines is 1. The van der Waals surface area contributed by atoms with Crippen LogP contribution in [0.25, 0.3) is 0 Å². The zero-order valence-electron chi connectivity index (χ0n) is 21.6. The Morgan fingerprint density at radius 2 is 1.78 bits per heavy atom. The minimum atomic E-state index is -0.997. The summed E-state index contributed by atoms with van der Waals surface area (Å²) in [7, 11) is 0. The normalized spacial score (nSPS) is 12.6. The van der Waals surface area contributed by atoms with Crippen LogP contribution >= 0.6 is 11.6 Å². The van der Waals surface area contributed by atoms with Crippen molar-refractivity contribution in [1.82, 2.24) is 10.2 Å². The molecule has 0 saturated carbocycles. The summed E-state index contributed by atoms with van der Waals surface area (Å²) < 4.78 is 5.29. The van der Waals surface area contributed by atoms with Crippen molar-refractivity contribution in [2.24, 2.45) is 0 Å².